The average molecular weight is 491 g/mol. The van der Waals surface area contributed by atoms with Gasteiger partial charge in [0.2, 0.25) is 0 Å². The van der Waals surface area contributed by atoms with E-state index in [9.17, 15) is 14.3 Å². The molecule has 0 bridgehead atoms. The lowest BCUT2D eigenvalue weighted by Gasteiger charge is -2.35. The summed E-state index contributed by atoms with van der Waals surface area (Å²) in [4.78, 5) is 17.8. The largest absolute Gasteiger partial charge is 0.394 e. The summed E-state index contributed by atoms with van der Waals surface area (Å²) in [7, 11) is 2.02. The Bertz CT molecular complexity index is 1170. The second-order valence-electron chi connectivity index (χ2n) is 9.84. The van der Waals surface area contributed by atoms with Crippen molar-refractivity contribution in [3.05, 3.63) is 95.3 Å². The van der Waals surface area contributed by atoms with Crippen LogP contribution >= 0.6 is 0 Å². The van der Waals surface area contributed by atoms with Gasteiger partial charge in [-0.2, -0.15) is 0 Å². The van der Waals surface area contributed by atoms with Crippen LogP contribution in [0.3, 0.4) is 0 Å². The van der Waals surface area contributed by atoms with Crippen molar-refractivity contribution in [3.63, 3.8) is 0 Å². The van der Waals surface area contributed by atoms with E-state index in [1.165, 1.54) is 12.1 Å². The first-order valence-corrected chi connectivity index (χ1v) is 12.5. The normalized spacial score (nSPS) is 19.4. The van der Waals surface area contributed by atoms with Gasteiger partial charge in [0.05, 0.1) is 25.4 Å². The van der Waals surface area contributed by atoms with Gasteiger partial charge in [0.15, 0.2) is 0 Å². The van der Waals surface area contributed by atoms with Gasteiger partial charge >= 0.3 is 0 Å². The molecule has 0 unspecified atom stereocenters. The van der Waals surface area contributed by atoms with Crippen molar-refractivity contribution >= 4 is 5.91 Å². The predicted octanol–water partition coefficient (Wildman–Crippen LogP) is 4.98. The highest BCUT2D eigenvalue weighted by molar-refractivity contribution is 6.01. The molecule has 1 N–H and O–H groups in total. The molecule has 5 nitrogen and oxygen atoms in total. The van der Waals surface area contributed by atoms with E-state index >= 15 is 0 Å². The van der Waals surface area contributed by atoms with Crippen LogP contribution in [0.2, 0.25) is 0 Å². The molecule has 190 valence electrons. The van der Waals surface area contributed by atoms with E-state index in [1.807, 2.05) is 62.5 Å². The maximum Gasteiger partial charge on any atom is 0.254 e. The summed E-state index contributed by atoms with van der Waals surface area (Å²) in [6.07, 6.45) is -0.161. The summed E-state index contributed by atoms with van der Waals surface area (Å²) in [6, 6.07) is 21.9. The van der Waals surface area contributed by atoms with Crippen molar-refractivity contribution in [1.29, 1.82) is 0 Å². The monoisotopic (exact) mass is 490 g/mol. The summed E-state index contributed by atoms with van der Waals surface area (Å²) in [6.45, 7) is 6.03. The standard InChI is InChI=1S/C30H35FN2O3/c1-21-16-33(22(2)19-34)30(35)28-11-7-6-10-27(28)26-9-5-4-8-24(26)20-36-29(21)18-32(3)17-23-12-14-25(31)15-13-23/h4-15,21-22,29,34H,16-20H2,1-3H3/t21-,22+,29+/m0/s1. The fraction of sp³-hybridized carbons (Fsp3) is 0.367. The minimum Gasteiger partial charge on any atom is -0.394 e. The Morgan fingerprint density at radius 3 is 2.36 bits per heavy atom. The molecule has 0 aromatic heterocycles. The third kappa shape index (κ3) is 6.01. The Morgan fingerprint density at radius 2 is 1.67 bits per heavy atom. The van der Waals surface area contributed by atoms with Crippen LogP contribution in [0.1, 0.15) is 35.3 Å². The molecule has 3 aromatic rings. The zero-order chi connectivity index (χ0) is 25.7. The number of ether oxygens (including phenoxy) is 1. The van der Waals surface area contributed by atoms with E-state index < -0.39 is 0 Å². The molecule has 36 heavy (non-hydrogen) atoms. The lowest BCUT2D eigenvalue weighted by atomic mass is 9.94. The van der Waals surface area contributed by atoms with Gasteiger partial charge in [-0.1, -0.05) is 61.5 Å². The lowest BCUT2D eigenvalue weighted by molar-refractivity contribution is -0.0241. The van der Waals surface area contributed by atoms with E-state index in [1.54, 1.807) is 17.0 Å². The van der Waals surface area contributed by atoms with Gasteiger partial charge in [0.25, 0.3) is 5.91 Å². The van der Waals surface area contributed by atoms with Gasteiger partial charge in [-0.3, -0.25) is 9.69 Å². The van der Waals surface area contributed by atoms with E-state index in [0.29, 0.717) is 31.8 Å². The van der Waals surface area contributed by atoms with Crippen LogP contribution in [0.5, 0.6) is 0 Å². The number of hydrogen-bond donors (Lipinski definition) is 1. The number of aliphatic hydroxyl groups is 1. The molecule has 6 heteroatoms. The molecule has 0 radical (unpaired) electrons. The van der Waals surface area contributed by atoms with Crippen molar-refractivity contribution in [2.24, 2.45) is 5.92 Å². The third-order valence-electron chi connectivity index (χ3n) is 6.95. The summed E-state index contributed by atoms with van der Waals surface area (Å²) in [5.74, 6) is -0.325. The van der Waals surface area contributed by atoms with Crippen molar-refractivity contribution in [2.75, 3.05) is 26.7 Å². The highest BCUT2D eigenvalue weighted by atomic mass is 19.1. The van der Waals surface area contributed by atoms with Gasteiger partial charge in [-0.05, 0) is 54.4 Å². The van der Waals surface area contributed by atoms with Gasteiger partial charge in [0, 0.05) is 31.1 Å². The molecule has 0 saturated heterocycles. The summed E-state index contributed by atoms with van der Waals surface area (Å²) in [5.41, 5.74) is 4.53. The van der Waals surface area contributed by atoms with Gasteiger partial charge in [-0.15, -0.1) is 0 Å². The minimum atomic E-state index is -0.332. The Morgan fingerprint density at radius 1 is 1.03 bits per heavy atom. The molecule has 1 aliphatic heterocycles. The van der Waals surface area contributed by atoms with Gasteiger partial charge in [-0.25, -0.2) is 4.39 Å². The maximum absolute atomic E-state index is 13.9. The van der Waals surface area contributed by atoms with E-state index in [0.717, 1.165) is 22.3 Å². The highest BCUT2D eigenvalue weighted by Crippen LogP contribution is 2.31. The molecular weight excluding hydrogens is 455 g/mol. The van der Waals surface area contributed by atoms with Crippen LogP contribution in [0.15, 0.2) is 72.8 Å². The molecule has 0 spiro atoms. The van der Waals surface area contributed by atoms with Crippen LogP contribution in [-0.4, -0.2) is 59.7 Å². The number of carbonyl (C=O) groups is 1. The summed E-state index contributed by atoms with van der Waals surface area (Å²) >= 11 is 0. The second kappa shape index (κ2) is 11.8. The molecule has 1 heterocycles. The van der Waals surface area contributed by atoms with E-state index in [4.69, 9.17) is 4.74 Å². The SMILES string of the molecule is C[C@H](CO)N1C[C@H](C)[C@@H](CN(C)Cc2ccc(F)cc2)OCc2ccccc2-c2ccccc2C1=O. The highest BCUT2D eigenvalue weighted by Gasteiger charge is 2.30. The summed E-state index contributed by atoms with van der Waals surface area (Å²) in [5, 5.41) is 9.98. The van der Waals surface area contributed by atoms with Crippen molar-refractivity contribution in [1.82, 2.24) is 9.80 Å². The molecule has 0 saturated carbocycles. The molecular formula is C30H35FN2O3. The molecule has 1 amide bonds. The van der Waals surface area contributed by atoms with Crippen molar-refractivity contribution in [2.45, 2.75) is 39.1 Å². The molecule has 3 aromatic carbocycles. The molecule has 0 fully saturated rings. The number of rotatable bonds is 6. The fourth-order valence-corrected chi connectivity index (χ4v) is 4.82. The first-order chi connectivity index (χ1) is 17.4. The number of fused-ring (bicyclic) bond motifs is 3. The quantitative estimate of drug-likeness (QED) is 0.529. The summed E-state index contributed by atoms with van der Waals surface area (Å²) < 4.78 is 19.9. The molecule has 1 aliphatic rings. The Labute approximate surface area is 213 Å². The number of aliphatic hydroxyl groups excluding tert-OH is 1. The number of amides is 1. The number of benzene rings is 3. The third-order valence-corrected chi connectivity index (χ3v) is 6.95. The van der Waals surface area contributed by atoms with Crippen LogP contribution in [0.25, 0.3) is 11.1 Å². The van der Waals surface area contributed by atoms with Crippen molar-refractivity contribution in [3.8, 4) is 11.1 Å². The van der Waals surface area contributed by atoms with E-state index in [-0.39, 0.29) is 36.4 Å². The number of carbonyl (C=O) groups excluding carboxylic acids is 1. The zero-order valence-electron chi connectivity index (χ0n) is 21.2. The Hall–Kier alpha value is -3.06. The predicted molar refractivity (Wildman–Crippen MR) is 140 cm³/mol. The van der Waals surface area contributed by atoms with E-state index in [2.05, 4.69) is 11.8 Å². The Balaban J connectivity index is 1.67. The number of hydrogen-bond acceptors (Lipinski definition) is 4. The average Bonchev–Trinajstić information content (AvgIpc) is 2.91. The number of likely N-dealkylation sites (N-methyl/N-ethyl adjacent to an activating group) is 1. The zero-order valence-corrected chi connectivity index (χ0v) is 21.2. The first-order valence-electron chi connectivity index (χ1n) is 12.5. The first kappa shape index (κ1) is 26.0. The Kier molecular flexibility index (Phi) is 8.52. The van der Waals surface area contributed by atoms with Gasteiger partial charge < -0.3 is 14.7 Å². The molecule has 3 atom stereocenters. The minimum absolute atomic E-state index is 0.0102. The van der Waals surface area contributed by atoms with Crippen LogP contribution in [0, 0.1) is 11.7 Å². The molecule has 4 rings (SSSR count). The lowest BCUT2D eigenvalue weighted by Crippen LogP contribution is -2.47. The van der Waals surface area contributed by atoms with Crippen LogP contribution in [-0.2, 0) is 17.9 Å². The van der Waals surface area contributed by atoms with Gasteiger partial charge in [0.1, 0.15) is 5.82 Å². The fourth-order valence-electron chi connectivity index (χ4n) is 4.82. The molecule has 0 aliphatic carbocycles. The number of nitrogens with zero attached hydrogens (tertiary/aromatic N) is 2. The maximum atomic E-state index is 13.9. The van der Waals surface area contributed by atoms with Crippen molar-refractivity contribution < 1.29 is 19.0 Å². The number of halogens is 1. The second-order valence-corrected chi connectivity index (χ2v) is 9.84. The van der Waals surface area contributed by atoms with Crippen LogP contribution < -0.4 is 0 Å². The topological polar surface area (TPSA) is 53.0 Å². The van der Waals surface area contributed by atoms with Crippen LogP contribution in [0.4, 0.5) is 4.39 Å². The smallest absolute Gasteiger partial charge is 0.254 e.